The van der Waals surface area contributed by atoms with Crippen molar-refractivity contribution in [1.82, 2.24) is 0 Å². The maximum atomic E-state index is 12.6. The summed E-state index contributed by atoms with van der Waals surface area (Å²) in [5, 5.41) is 29.2. The first-order valence-electron chi connectivity index (χ1n) is 17.4. The van der Waals surface area contributed by atoms with Gasteiger partial charge in [0.15, 0.2) is 0 Å². The van der Waals surface area contributed by atoms with E-state index >= 15 is 0 Å². The highest BCUT2D eigenvalue weighted by molar-refractivity contribution is 9.10. The number of hydrogen-bond donors (Lipinski definition) is 3. The Morgan fingerprint density at radius 3 is 1.46 bits per heavy atom. The molecule has 0 atom stereocenters. The van der Waals surface area contributed by atoms with Gasteiger partial charge in [0.05, 0.1) is 23.2 Å². The summed E-state index contributed by atoms with van der Waals surface area (Å²) in [6.45, 7) is 3.77. The number of rotatable bonds is 9. The van der Waals surface area contributed by atoms with Gasteiger partial charge in [0.2, 0.25) is 0 Å². The number of aromatic hydroxyl groups is 3. The first-order chi connectivity index (χ1) is 28.0. The van der Waals surface area contributed by atoms with Gasteiger partial charge in [-0.3, -0.25) is 0 Å². The van der Waals surface area contributed by atoms with E-state index in [9.17, 15) is 21.9 Å². The Morgan fingerprint density at radius 1 is 0.475 bits per heavy atom. The van der Waals surface area contributed by atoms with Gasteiger partial charge in [-0.15, -0.1) is 0 Å². The van der Waals surface area contributed by atoms with Crippen molar-refractivity contribution in [2.75, 3.05) is 14.2 Å². The van der Waals surface area contributed by atoms with Gasteiger partial charge in [-0.25, -0.2) is 0 Å². The summed E-state index contributed by atoms with van der Waals surface area (Å²) >= 11 is 6.36. The van der Waals surface area contributed by atoms with Crippen LogP contribution in [0.2, 0.25) is 0 Å². The predicted molar refractivity (Wildman–Crippen MR) is 234 cm³/mol. The van der Waals surface area contributed by atoms with Crippen molar-refractivity contribution in [3.8, 4) is 51.4 Å². The van der Waals surface area contributed by atoms with Crippen LogP contribution in [-0.4, -0.2) is 46.4 Å². The van der Waals surface area contributed by atoms with E-state index in [1.165, 1.54) is 56.7 Å². The molecule has 7 aromatic carbocycles. The number of hydrogen-bond acceptors (Lipinski definition) is 11. The molecule has 0 bridgehead atoms. The number of fused-ring (bicyclic) bond motifs is 1. The molecule has 3 N–H and O–H groups in total. The summed E-state index contributed by atoms with van der Waals surface area (Å²) in [5.41, 5.74) is 3.64. The summed E-state index contributed by atoms with van der Waals surface area (Å²) in [6, 6.07) is 37.9. The van der Waals surface area contributed by atoms with Gasteiger partial charge in [-0.05, 0) is 141 Å². The molecule has 59 heavy (non-hydrogen) atoms. The van der Waals surface area contributed by atoms with Crippen LogP contribution in [0.3, 0.4) is 0 Å². The molecular formula is C44H38Br2O11S2. The third-order valence-corrected chi connectivity index (χ3v) is 12.2. The van der Waals surface area contributed by atoms with Crippen LogP contribution in [0.4, 0.5) is 0 Å². The number of aryl methyl sites for hydroxylation is 2. The number of phenolic OH excluding ortho intramolecular Hbond substituents is 3. The molecule has 15 heteroatoms. The first kappa shape index (κ1) is 44.4. The minimum Gasteiger partial charge on any atom is -0.508 e. The molecule has 0 amide bonds. The number of methoxy groups -OCH3 is 2. The van der Waals surface area contributed by atoms with Gasteiger partial charge < -0.3 is 33.2 Å². The molecule has 7 aromatic rings. The van der Waals surface area contributed by atoms with Crippen LogP contribution in [0.1, 0.15) is 11.1 Å². The molecule has 306 valence electrons. The summed E-state index contributed by atoms with van der Waals surface area (Å²) < 4.78 is 71.7. The molecule has 0 heterocycles. The van der Waals surface area contributed by atoms with E-state index in [0.717, 1.165) is 37.5 Å². The molecular weight excluding hydrogens is 928 g/mol. The second-order valence-corrected chi connectivity index (χ2v) is 17.5. The average molecular weight is 967 g/mol. The van der Waals surface area contributed by atoms with Crippen molar-refractivity contribution < 1.29 is 50.0 Å². The molecule has 0 aliphatic carbocycles. The van der Waals surface area contributed by atoms with Crippen molar-refractivity contribution >= 4 is 62.9 Å². The lowest BCUT2D eigenvalue weighted by Gasteiger charge is -2.13. The third kappa shape index (κ3) is 11.9. The molecule has 0 aliphatic rings. The van der Waals surface area contributed by atoms with E-state index < -0.39 is 20.2 Å². The van der Waals surface area contributed by atoms with Crippen LogP contribution in [0, 0.1) is 13.8 Å². The Labute approximate surface area is 359 Å². The largest absolute Gasteiger partial charge is 0.508 e. The highest BCUT2D eigenvalue weighted by Gasteiger charge is 2.19. The van der Waals surface area contributed by atoms with Crippen LogP contribution >= 0.6 is 31.9 Å². The smallest absolute Gasteiger partial charge is 0.339 e. The van der Waals surface area contributed by atoms with Crippen LogP contribution in [0.5, 0.6) is 40.2 Å². The van der Waals surface area contributed by atoms with E-state index in [0.29, 0.717) is 16.0 Å². The van der Waals surface area contributed by atoms with E-state index in [1.807, 2.05) is 38.1 Å². The lowest BCUT2D eigenvalue weighted by molar-refractivity contribution is 0.409. The molecule has 11 nitrogen and oxygen atoms in total. The zero-order valence-corrected chi connectivity index (χ0v) is 36.8. The zero-order valence-electron chi connectivity index (χ0n) is 32.0. The minimum atomic E-state index is -3.94. The second kappa shape index (κ2) is 19.3. The van der Waals surface area contributed by atoms with Crippen LogP contribution in [0.15, 0.2) is 158 Å². The van der Waals surface area contributed by atoms with Crippen molar-refractivity contribution in [3.05, 3.63) is 160 Å². The standard InChI is InChI=1S/C24H20O5S.C14H13BrO4S.C6H5BrO2/c1-16-3-10-22(11-4-16)30(26,27)29-21-9-12-23(24(15-21)28-2)19-6-5-18-14-20(25)8-7-17(18)13-19;1-10-3-6-12(7-4-10)20(16,17)19-11-5-8-13(15)14(9-11)18-2;7-5-2-1-4(8)3-6(5)9/h3-15,25H,1-2H3;3-9H,1-2H3;1-3,8-9H. The Balaban J connectivity index is 0.000000195. The molecule has 0 aromatic heterocycles. The highest BCUT2D eigenvalue weighted by Crippen LogP contribution is 2.36. The molecule has 0 unspecified atom stereocenters. The summed E-state index contributed by atoms with van der Waals surface area (Å²) in [7, 11) is -4.76. The Bertz CT molecular complexity index is 2800. The SMILES string of the molecule is COc1cc(OS(=O)(=O)c2ccc(C)cc2)ccc1-c1ccc2cc(O)ccc2c1.COc1cc(OS(=O)(=O)c2ccc(C)cc2)ccc1Br.Oc1ccc(Br)c(O)c1. The van der Waals surface area contributed by atoms with Gasteiger partial charge in [-0.2, -0.15) is 16.8 Å². The molecule has 0 radical (unpaired) electrons. The number of halogens is 2. The van der Waals surface area contributed by atoms with Crippen molar-refractivity contribution in [2.24, 2.45) is 0 Å². The van der Waals surface area contributed by atoms with Gasteiger partial charge >= 0.3 is 20.2 Å². The normalized spacial score (nSPS) is 11.0. The Morgan fingerprint density at radius 2 is 0.932 bits per heavy atom. The summed E-state index contributed by atoms with van der Waals surface area (Å²) in [6.07, 6.45) is 0. The second-order valence-electron chi connectivity index (χ2n) is 12.7. The molecule has 0 saturated carbocycles. The molecule has 7 rings (SSSR count). The van der Waals surface area contributed by atoms with Gasteiger partial charge in [0.1, 0.15) is 50.0 Å². The van der Waals surface area contributed by atoms with E-state index in [2.05, 4.69) is 31.9 Å². The Kier molecular flexibility index (Phi) is 14.5. The molecule has 0 saturated heterocycles. The van der Waals surface area contributed by atoms with Gasteiger partial charge in [-0.1, -0.05) is 53.6 Å². The third-order valence-electron chi connectivity index (χ3n) is 8.39. The minimum absolute atomic E-state index is 0.0509. The van der Waals surface area contributed by atoms with Crippen LogP contribution in [-0.2, 0) is 20.2 Å². The maximum Gasteiger partial charge on any atom is 0.339 e. The molecule has 0 fully saturated rings. The first-order valence-corrected chi connectivity index (χ1v) is 21.8. The van der Waals surface area contributed by atoms with Crippen molar-refractivity contribution in [1.29, 1.82) is 0 Å². The molecule has 0 aliphatic heterocycles. The summed E-state index contributed by atoms with van der Waals surface area (Å²) in [4.78, 5) is 0.207. The van der Waals surface area contributed by atoms with Crippen molar-refractivity contribution in [2.45, 2.75) is 23.6 Å². The molecule has 0 spiro atoms. The fraction of sp³-hybridized carbons (Fsp3) is 0.0909. The van der Waals surface area contributed by atoms with E-state index in [4.69, 9.17) is 28.1 Å². The fourth-order valence-corrected chi connectivity index (χ4v) is 7.82. The monoisotopic (exact) mass is 964 g/mol. The summed E-state index contributed by atoms with van der Waals surface area (Å²) in [5.74, 6) is 1.69. The number of benzene rings is 7. The van der Waals surface area contributed by atoms with E-state index in [-0.39, 0.29) is 38.5 Å². The maximum absolute atomic E-state index is 12.6. The fourth-order valence-electron chi connectivity index (χ4n) is 5.32. The number of ether oxygens (including phenoxy) is 2. The van der Waals surface area contributed by atoms with Crippen LogP contribution < -0.4 is 17.8 Å². The quantitative estimate of drug-likeness (QED) is 0.118. The lowest BCUT2D eigenvalue weighted by Crippen LogP contribution is -2.09. The lowest BCUT2D eigenvalue weighted by atomic mass is 10.0. The van der Waals surface area contributed by atoms with E-state index in [1.54, 1.807) is 72.8 Å². The Hall–Kier alpha value is -5.74. The van der Waals surface area contributed by atoms with Crippen molar-refractivity contribution in [3.63, 3.8) is 0 Å². The highest BCUT2D eigenvalue weighted by atomic mass is 79.9. The topological polar surface area (TPSA) is 166 Å². The van der Waals surface area contributed by atoms with Gasteiger partial charge in [0, 0.05) is 23.8 Å². The average Bonchev–Trinajstić information content (AvgIpc) is 3.20. The zero-order chi connectivity index (χ0) is 42.9. The number of phenols is 3. The van der Waals surface area contributed by atoms with Gasteiger partial charge in [0.25, 0.3) is 0 Å². The predicted octanol–water partition coefficient (Wildman–Crippen LogP) is 10.7. The van der Waals surface area contributed by atoms with Crippen LogP contribution in [0.25, 0.3) is 21.9 Å².